The minimum atomic E-state index is -0.673. The molecular formula is C15H25N3O3. The van der Waals surface area contributed by atoms with E-state index in [2.05, 4.69) is 10.4 Å². The van der Waals surface area contributed by atoms with Gasteiger partial charge in [0.2, 0.25) is 0 Å². The first-order chi connectivity index (χ1) is 9.99. The van der Waals surface area contributed by atoms with Gasteiger partial charge in [-0.15, -0.1) is 0 Å². The Bertz CT molecular complexity index is 481. The van der Waals surface area contributed by atoms with Gasteiger partial charge < -0.3 is 15.2 Å². The van der Waals surface area contributed by atoms with Crippen molar-refractivity contribution in [2.75, 3.05) is 19.8 Å². The number of aromatic nitrogens is 2. The molecule has 2 rings (SSSR count). The second kappa shape index (κ2) is 7.04. The average Bonchev–Trinajstić information content (AvgIpc) is 3.16. The van der Waals surface area contributed by atoms with E-state index in [0.717, 1.165) is 5.69 Å². The van der Waals surface area contributed by atoms with Crippen LogP contribution in [0.4, 0.5) is 0 Å². The third-order valence-electron chi connectivity index (χ3n) is 3.64. The molecule has 1 heterocycles. The molecule has 1 amide bonds. The lowest BCUT2D eigenvalue weighted by Crippen LogP contribution is -2.35. The Labute approximate surface area is 125 Å². The van der Waals surface area contributed by atoms with Gasteiger partial charge >= 0.3 is 0 Å². The van der Waals surface area contributed by atoms with Crippen molar-refractivity contribution < 1.29 is 14.6 Å². The zero-order valence-electron chi connectivity index (χ0n) is 13.0. The molecule has 2 N–H and O–H groups in total. The van der Waals surface area contributed by atoms with Crippen molar-refractivity contribution in [3.05, 3.63) is 17.5 Å². The highest BCUT2D eigenvalue weighted by Gasteiger charge is 2.22. The fraction of sp³-hybridized carbons (Fsp3) is 0.733. The van der Waals surface area contributed by atoms with Gasteiger partial charge in [-0.1, -0.05) is 0 Å². The molecule has 1 atom stereocenters. The molecule has 0 aromatic carbocycles. The third-order valence-corrected chi connectivity index (χ3v) is 3.64. The summed E-state index contributed by atoms with van der Waals surface area (Å²) in [4.78, 5) is 12.1. The van der Waals surface area contributed by atoms with Crippen LogP contribution in [-0.2, 0) is 4.74 Å². The van der Waals surface area contributed by atoms with Crippen molar-refractivity contribution >= 4 is 5.91 Å². The second-order valence-electron chi connectivity index (χ2n) is 6.03. The van der Waals surface area contributed by atoms with Crippen molar-refractivity contribution in [2.45, 2.75) is 45.8 Å². The first-order valence-corrected chi connectivity index (χ1v) is 7.57. The van der Waals surface area contributed by atoms with Crippen molar-refractivity contribution in [1.29, 1.82) is 0 Å². The predicted octanol–water partition coefficient (Wildman–Crippen LogP) is 1.29. The summed E-state index contributed by atoms with van der Waals surface area (Å²) < 4.78 is 7.21. The summed E-state index contributed by atoms with van der Waals surface area (Å²) in [6, 6.07) is 0.216. The number of nitrogens with zero attached hydrogens (tertiary/aromatic N) is 2. The summed E-state index contributed by atoms with van der Waals surface area (Å²) in [7, 11) is 0. The highest BCUT2D eigenvalue weighted by Crippen LogP contribution is 2.28. The van der Waals surface area contributed by atoms with E-state index in [-0.39, 0.29) is 25.1 Å². The van der Waals surface area contributed by atoms with E-state index in [1.807, 2.05) is 25.5 Å². The van der Waals surface area contributed by atoms with Crippen molar-refractivity contribution in [1.82, 2.24) is 15.1 Å². The lowest BCUT2D eigenvalue weighted by molar-refractivity contribution is 0.0320. The number of aliphatic hydroxyl groups excluding tert-OH is 1. The van der Waals surface area contributed by atoms with Gasteiger partial charge in [-0.05, 0) is 39.5 Å². The van der Waals surface area contributed by atoms with Gasteiger partial charge in [-0.3, -0.25) is 9.48 Å². The van der Waals surface area contributed by atoms with Crippen molar-refractivity contribution in [3.8, 4) is 0 Å². The number of aliphatic hydroxyl groups is 1. The Morgan fingerprint density at radius 2 is 2.29 bits per heavy atom. The van der Waals surface area contributed by atoms with E-state index in [0.29, 0.717) is 18.1 Å². The number of ether oxygens (including phenoxy) is 1. The Kier molecular flexibility index (Phi) is 5.36. The molecule has 6 heteroatoms. The Morgan fingerprint density at radius 3 is 2.86 bits per heavy atom. The molecule has 1 aromatic rings. The highest BCUT2D eigenvalue weighted by molar-refractivity contribution is 5.95. The van der Waals surface area contributed by atoms with E-state index in [9.17, 15) is 9.90 Å². The number of rotatable bonds is 8. The molecule has 118 valence electrons. The number of nitrogens with one attached hydrogen (secondary N) is 1. The first-order valence-electron chi connectivity index (χ1n) is 7.57. The number of hydrogen-bond donors (Lipinski definition) is 2. The quantitative estimate of drug-likeness (QED) is 0.757. The van der Waals surface area contributed by atoms with Crippen LogP contribution in [0.2, 0.25) is 0 Å². The number of carbonyl (C=O) groups excluding carboxylic acids is 1. The molecular weight excluding hydrogens is 270 g/mol. The van der Waals surface area contributed by atoms with Crippen LogP contribution in [0.15, 0.2) is 6.20 Å². The van der Waals surface area contributed by atoms with Crippen LogP contribution in [0.1, 0.15) is 48.8 Å². The monoisotopic (exact) mass is 295 g/mol. The summed E-state index contributed by atoms with van der Waals surface area (Å²) in [5.74, 6) is 0.469. The average molecular weight is 295 g/mol. The molecule has 0 radical (unpaired) electrons. The predicted molar refractivity (Wildman–Crippen MR) is 79.2 cm³/mol. The molecule has 0 spiro atoms. The maximum Gasteiger partial charge on any atom is 0.254 e. The van der Waals surface area contributed by atoms with Gasteiger partial charge in [-0.2, -0.15) is 5.10 Å². The summed E-state index contributed by atoms with van der Waals surface area (Å²) in [5, 5.41) is 16.7. The first kappa shape index (κ1) is 16.0. The van der Waals surface area contributed by atoms with Gasteiger partial charge in [0.15, 0.2) is 0 Å². The second-order valence-corrected chi connectivity index (χ2v) is 6.03. The van der Waals surface area contributed by atoms with Gasteiger partial charge in [0.25, 0.3) is 5.91 Å². The van der Waals surface area contributed by atoms with Gasteiger partial charge in [0, 0.05) is 24.9 Å². The molecule has 21 heavy (non-hydrogen) atoms. The van der Waals surface area contributed by atoms with Gasteiger partial charge in [0.1, 0.15) is 0 Å². The summed E-state index contributed by atoms with van der Waals surface area (Å²) in [6.45, 7) is 7.07. The van der Waals surface area contributed by atoms with Crippen LogP contribution in [0.25, 0.3) is 0 Å². The molecule has 1 unspecified atom stereocenters. The molecule has 1 saturated carbocycles. The highest BCUT2D eigenvalue weighted by atomic mass is 16.5. The minimum Gasteiger partial charge on any atom is -0.389 e. The molecule has 0 bridgehead atoms. The van der Waals surface area contributed by atoms with Crippen molar-refractivity contribution in [2.24, 2.45) is 5.92 Å². The zero-order chi connectivity index (χ0) is 15.4. The normalized spacial score (nSPS) is 16.2. The summed E-state index contributed by atoms with van der Waals surface area (Å²) >= 11 is 0. The number of amides is 1. The zero-order valence-corrected chi connectivity index (χ0v) is 13.0. The molecule has 1 aromatic heterocycles. The van der Waals surface area contributed by atoms with E-state index in [1.165, 1.54) is 12.8 Å². The van der Waals surface area contributed by atoms with Crippen molar-refractivity contribution in [3.63, 3.8) is 0 Å². The van der Waals surface area contributed by atoms with Crippen LogP contribution >= 0.6 is 0 Å². The fourth-order valence-corrected chi connectivity index (χ4v) is 2.19. The topological polar surface area (TPSA) is 76.4 Å². The summed E-state index contributed by atoms with van der Waals surface area (Å²) in [5.41, 5.74) is 1.39. The largest absolute Gasteiger partial charge is 0.389 e. The Hall–Kier alpha value is -1.40. The van der Waals surface area contributed by atoms with Crippen LogP contribution in [0.5, 0.6) is 0 Å². The Balaban J connectivity index is 1.75. The SMILES string of the molecule is Cc1c(C(=O)NCC(O)COCC2CC2)cnn1C(C)C. The van der Waals surface area contributed by atoms with E-state index in [1.54, 1.807) is 6.20 Å². The molecule has 0 aliphatic heterocycles. The van der Waals surface area contributed by atoms with E-state index < -0.39 is 6.10 Å². The summed E-state index contributed by atoms with van der Waals surface area (Å²) in [6.07, 6.45) is 3.35. The molecule has 6 nitrogen and oxygen atoms in total. The lowest BCUT2D eigenvalue weighted by atomic mass is 10.2. The number of carbonyl (C=O) groups is 1. The van der Waals surface area contributed by atoms with E-state index >= 15 is 0 Å². The lowest BCUT2D eigenvalue weighted by Gasteiger charge is -2.12. The maximum atomic E-state index is 12.1. The van der Waals surface area contributed by atoms with Gasteiger partial charge in [-0.25, -0.2) is 0 Å². The molecule has 1 fully saturated rings. The fourth-order valence-electron chi connectivity index (χ4n) is 2.19. The maximum absolute atomic E-state index is 12.1. The minimum absolute atomic E-state index is 0.190. The van der Waals surface area contributed by atoms with Crippen LogP contribution < -0.4 is 5.32 Å². The molecule has 1 aliphatic rings. The molecule has 0 saturated heterocycles. The van der Waals surface area contributed by atoms with Crippen LogP contribution in [0, 0.1) is 12.8 Å². The molecule has 1 aliphatic carbocycles. The van der Waals surface area contributed by atoms with E-state index in [4.69, 9.17) is 4.74 Å². The van der Waals surface area contributed by atoms with Crippen LogP contribution in [0.3, 0.4) is 0 Å². The smallest absolute Gasteiger partial charge is 0.254 e. The number of hydrogen-bond acceptors (Lipinski definition) is 4. The van der Waals surface area contributed by atoms with Crippen LogP contribution in [-0.4, -0.2) is 46.7 Å². The Morgan fingerprint density at radius 1 is 1.57 bits per heavy atom. The van der Waals surface area contributed by atoms with Gasteiger partial charge in [0.05, 0.1) is 24.5 Å². The third kappa shape index (κ3) is 4.54. The standard InChI is InChI=1S/C15H25N3O3/c1-10(2)18-11(3)14(7-17-18)15(20)16-6-13(19)9-21-8-12-4-5-12/h7,10,12-13,19H,4-6,8-9H2,1-3H3,(H,16,20).